The Labute approximate surface area is 161 Å². The second-order valence-corrected chi connectivity index (χ2v) is 7.25. The number of nitrogens with zero attached hydrogens (tertiary/aromatic N) is 2. The summed E-state index contributed by atoms with van der Waals surface area (Å²) in [6, 6.07) is 12.6. The predicted octanol–water partition coefficient (Wildman–Crippen LogP) is 2.90. The minimum atomic E-state index is -0.456. The zero-order chi connectivity index (χ0) is 19.6. The molecule has 27 heavy (non-hydrogen) atoms. The Morgan fingerprint density at radius 3 is 2.41 bits per heavy atom. The van der Waals surface area contributed by atoms with Crippen LogP contribution in [0.2, 0.25) is 0 Å². The first-order chi connectivity index (χ1) is 12.9. The molecule has 1 N–H and O–H groups in total. The first-order valence-electron chi connectivity index (χ1n) is 8.34. The summed E-state index contributed by atoms with van der Waals surface area (Å²) in [5.74, 6) is -1.03. The SMILES string of the molecule is CN(C)c1cccc(N2C(=O)C(SCCO)=C(c3ccc(F)cc3)C2=O)c1. The molecule has 0 aromatic heterocycles. The highest BCUT2D eigenvalue weighted by atomic mass is 32.2. The molecular weight excluding hydrogens is 367 g/mol. The van der Waals surface area contributed by atoms with Crippen molar-refractivity contribution in [1.82, 2.24) is 0 Å². The van der Waals surface area contributed by atoms with Crippen molar-refractivity contribution in [2.24, 2.45) is 0 Å². The highest BCUT2D eigenvalue weighted by Crippen LogP contribution is 2.38. The number of imide groups is 1. The molecular formula is C20H19FN2O3S. The minimum absolute atomic E-state index is 0.123. The van der Waals surface area contributed by atoms with Crippen molar-refractivity contribution in [2.75, 3.05) is 36.3 Å². The summed E-state index contributed by atoms with van der Waals surface area (Å²) in [5.41, 5.74) is 2.03. The van der Waals surface area contributed by atoms with Gasteiger partial charge in [-0.1, -0.05) is 18.2 Å². The number of benzene rings is 2. The van der Waals surface area contributed by atoms with Gasteiger partial charge in [0.15, 0.2) is 0 Å². The molecule has 0 radical (unpaired) electrons. The van der Waals surface area contributed by atoms with Crippen molar-refractivity contribution < 1.29 is 19.1 Å². The Morgan fingerprint density at radius 1 is 1.07 bits per heavy atom. The molecule has 140 valence electrons. The van der Waals surface area contributed by atoms with Crippen LogP contribution in [0.3, 0.4) is 0 Å². The maximum Gasteiger partial charge on any atom is 0.272 e. The summed E-state index contributed by atoms with van der Waals surface area (Å²) in [5, 5.41) is 9.14. The van der Waals surface area contributed by atoms with Crippen LogP contribution in [0.25, 0.3) is 5.57 Å². The Hall–Kier alpha value is -2.64. The lowest BCUT2D eigenvalue weighted by Crippen LogP contribution is -2.31. The molecule has 7 heteroatoms. The van der Waals surface area contributed by atoms with E-state index in [9.17, 15) is 14.0 Å². The highest BCUT2D eigenvalue weighted by molar-refractivity contribution is 8.04. The predicted molar refractivity (Wildman–Crippen MR) is 106 cm³/mol. The third-order valence-corrected chi connectivity index (χ3v) is 5.17. The Balaban J connectivity index is 2.06. The van der Waals surface area contributed by atoms with E-state index in [2.05, 4.69) is 0 Å². The van der Waals surface area contributed by atoms with Crippen molar-refractivity contribution in [3.63, 3.8) is 0 Å². The first kappa shape index (κ1) is 19.1. The number of halogens is 1. The summed E-state index contributed by atoms with van der Waals surface area (Å²) in [6.07, 6.45) is 0. The van der Waals surface area contributed by atoms with Crippen LogP contribution in [0.1, 0.15) is 5.56 Å². The number of hydrogen-bond donors (Lipinski definition) is 1. The molecule has 0 unspecified atom stereocenters. The van der Waals surface area contributed by atoms with Crippen LogP contribution in [0, 0.1) is 5.82 Å². The number of aliphatic hydroxyl groups is 1. The zero-order valence-corrected chi connectivity index (χ0v) is 15.8. The van der Waals surface area contributed by atoms with Gasteiger partial charge in [0.2, 0.25) is 0 Å². The normalized spacial score (nSPS) is 14.3. The number of rotatable bonds is 6. The van der Waals surface area contributed by atoms with Crippen LogP contribution in [-0.4, -0.2) is 43.4 Å². The van der Waals surface area contributed by atoms with Gasteiger partial charge in [-0.05, 0) is 35.9 Å². The third kappa shape index (κ3) is 3.74. The van der Waals surface area contributed by atoms with E-state index >= 15 is 0 Å². The van der Waals surface area contributed by atoms with E-state index in [0.29, 0.717) is 11.3 Å². The summed E-state index contributed by atoms with van der Waals surface area (Å²) in [7, 11) is 3.74. The molecule has 1 heterocycles. The molecule has 0 bridgehead atoms. The number of aliphatic hydroxyl groups excluding tert-OH is 1. The van der Waals surface area contributed by atoms with Gasteiger partial charge in [-0.25, -0.2) is 9.29 Å². The highest BCUT2D eigenvalue weighted by Gasteiger charge is 2.40. The van der Waals surface area contributed by atoms with Gasteiger partial charge >= 0.3 is 0 Å². The molecule has 5 nitrogen and oxygen atoms in total. The van der Waals surface area contributed by atoms with Crippen LogP contribution >= 0.6 is 11.8 Å². The van der Waals surface area contributed by atoms with Crippen LogP contribution in [0.5, 0.6) is 0 Å². The summed E-state index contributed by atoms with van der Waals surface area (Å²) in [6.45, 7) is -0.123. The number of carbonyl (C=O) groups excluding carboxylic acids is 2. The van der Waals surface area contributed by atoms with Gasteiger partial charge in [0, 0.05) is 25.5 Å². The molecule has 2 amide bonds. The molecule has 3 rings (SSSR count). The maximum atomic E-state index is 13.3. The number of thioether (sulfide) groups is 1. The van der Waals surface area contributed by atoms with Gasteiger partial charge in [0.1, 0.15) is 5.82 Å². The van der Waals surface area contributed by atoms with Crippen molar-refractivity contribution >= 4 is 40.5 Å². The number of carbonyl (C=O) groups is 2. The Kier molecular flexibility index (Phi) is 5.62. The summed E-state index contributed by atoms with van der Waals surface area (Å²) >= 11 is 1.13. The fraction of sp³-hybridized carbons (Fsp3) is 0.200. The van der Waals surface area contributed by atoms with Crippen molar-refractivity contribution in [3.8, 4) is 0 Å². The fourth-order valence-corrected chi connectivity index (χ4v) is 3.67. The van der Waals surface area contributed by atoms with E-state index in [4.69, 9.17) is 5.11 Å². The molecule has 0 aliphatic carbocycles. The third-order valence-electron chi connectivity index (χ3n) is 4.12. The lowest BCUT2D eigenvalue weighted by atomic mass is 10.1. The van der Waals surface area contributed by atoms with Gasteiger partial charge in [0.05, 0.1) is 22.8 Å². The molecule has 0 spiro atoms. The molecule has 0 fully saturated rings. The van der Waals surface area contributed by atoms with Crippen LogP contribution < -0.4 is 9.80 Å². The number of amides is 2. The second-order valence-electron chi connectivity index (χ2n) is 6.14. The van der Waals surface area contributed by atoms with Gasteiger partial charge < -0.3 is 10.0 Å². The van der Waals surface area contributed by atoms with E-state index in [1.807, 2.05) is 25.1 Å². The molecule has 0 saturated heterocycles. The molecule has 1 aliphatic heterocycles. The topological polar surface area (TPSA) is 60.9 Å². The summed E-state index contributed by atoms with van der Waals surface area (Å²) < 4.78 is 13.3. The van der Waals surface area contributed by atoms with Gasteiger partial charge in [-0.2, -0.15) is 0 Å². The van der Waals surface area contributed by atoms with Gasteiger partial charge in [0.25, 0.3) is 11.8 Å². The van der Waals surface area contributed by atoms with Crippen molar-refractivity contribution in [3.05, 3.63) is 64.8 Å². The summed E-state index contributed by atoms with van der Waals surface area (Å²) in [4.78, 5) is 29.4. The van der Waals surface area contributed by atoms with Crippen LogP contribution in [0.4, 0.5) is 15.8 Å². The molecule has 2 aromatic carbocycles. The van der Waals surface area contributed by atoms with Gasteiger partial charge in [-0.15, -0.1) is 11.8 Å². The van der Waals surface area contributed by atoms with E-state index in [1.165, 1.54) is 24.3 Å². The van der Waals surface area contributed by atoms with Crippen LogP contribution in [-0.2, 0) is 9.59 Å². The number of hydrogen-bond acceptors (Lipinski definition) is 5. The maximum absolute atomic E-state index is 13.3. The van der Waals surface area contributed by atoms with Crippen LogP contribution in [0.15, 0.2) is 53.4 Å². The van der Waals surface area contributed by atoms with Crippen molar-refractivity contribution in [1.29, 1.82) is 0 Å². The molecule has 1 aliphatic rings. The van der Waals surface area contributed by atoms with E-state index in [0.717, 1.165) is 22.3 Å². The molecule has 2 aromatic rings. The smallest absolute Gasteiger partial charge is 0.272 e. The van der Waals surface area contributed by atoms with Crippen molar-refractivity contribution in [2.45, 2.75) is 0 Å². The number of anilines is 2. The Morgan fingerprint density at radius 2 is 1.78 bits per heavy atom. The molecule has 0 saturated carbocycles. The average Bonchev–Trinajstić information content (AvgIpc) is 2.90. The standard InChI is InChI=1S/C20H19FN2O3S/c1-22(2)15-4-3-5-16(12-15)23-19(25)17(13-6-8-14(21)9-7-13)18(20(23)26)27-11-10-24/h3-9,12,24H,10-11H2,1-2H3. The minimum Gasteiger partial charge on any atom is -0.396 e. The monoisotopic (exact) mass is 386 g/mol. The van der Waals surface area contributed by atoms with E-state index < -0.39 is 17.6 Å². The van der Waals surface area contributed by atoms with Gasteiger partial charge in [-0.3, -0.25) is 9.59 Å². The average molecular weight is 386 g/mol. The van der Waals surface area contributed by atoms with E-state index in [1.54, 1.807) is 18.2 Å². The second kappa shape index (κ2) is 7.94. The van der Waals surface area contributed by atoms with E-state index in [-0.39, 0.29) is 22.8 Å². The Bertz CT molecular complexity index is 910. The fourth-order valence-electron chi connectivity index (χ4n) is 2.81. The lowest BCUT2D eigenvalue weighted by molar-refractivity contribution is -0.119. The lowest BCUT2D eigenvalue weighted by Gasteiger charge is -2.19. The first-order valence-corrected chi connectivity index (χ1v) is 9.32. The zero-order valence-electron chi connectivity index (χ0n) is 15.0. The largest absolute Gasteiger partial charge is 0.396 e. The quantitative estimate of drug-likeness (QED) is 0.774. The molecule has 0 atom stereocenters.